The number of hydrogen-bond donors (Lipinski definition) is 2. The van der Waals surface area contributed by atoms with Crippen molar-refractivity contribution in [2.75, 3.05) is 22.0 Å². The topological polar surface area (TPSA) is 85.1 Å². The Morgan fingerprint density at radius 2 is 2.00 bits per heavy atom. The van der Waals surface area contributed by atoms with Crippen molar-refractivity contribution in [3.63, 3.8) is 0 Å². The van der Waals surface area contributed by atoms with E-state index >= 15 is 0 Å². The molecule has 2 rings (SSSR count). The van der Waals surface area contributed by atoms with Gasteiger partial charge in [-0.2, -0.15) is 0 Å². The maximum absolute atomic E-state index is 12.0. The standard InChI is InChI=1S/C14H17N3O2S2/c1-11-4-2-7-14(16-11)17-21(18,19)9-8-20-13-6-3-5-12(15)10-13/h2-7,10H,8-9,15H2,1H3,(H,16,17). The van der Waals surface area contributed by atoms with E-state index in [9.17, 15) is 8.42 Å². The van der Waals surface area contributed by atoms with Gasteiger partial charge in [0.25, 0.3) is 0 Å². The number of sulfonamides is 1. The quantitative estimate of drug-likeness (QED) is 0.630. The molecule has 7 heteroatoms. The molecule has 0 saturated carbocycles. The van der Waals surface area contributed by atoms with E-state index in [1.165, 1.54) is 11.8 Å². The van der Waals surface area contributed by atoms with E-state index in [2.05, 4.69) is 9.71 Å². The molecule has 0 aliphatic carbocycles. The second-order valence-corrected chi connectivity index (χ2v) is 7.52. The maximum atomic E-state index is 12.0. The van der Waals surface area contributed by atoms with Gasteiger partial charge in [-0.3, -0.25) is 4.72 Å². The van der Waals surface area contributed by atoms with Gasteiger partial charge in [0.05, 0.1) is 5.75 Å². The van der Waals surface area contributed by atoms with Crippen molar-refractivity contribution in [2.24, 2.45) is 0 Å². The van der Waals surface area contributed by atoms with Gasteiger partial charge in [0, 0.05) is 22.0 Å². The first-order chi connectivity index (χ1) is 9.94. The molecular formula is C14H17N3O2S2. The van der Waals surface area contributed by atoms with Crippen molar-refractivity contribution >= 4 is 33.3 Å². The van der Waals surface area contributed by atoms with Gasteiger partial charge in [0.15, 0.2) is 0 Å². The van der Waals surface area contributed by atoms with Crippen LogP contribution in [0.15, 0.2) is 47.4 Å². The van der Waals surface area contributed by atoms with Crippen LogP contribution in [-0.2, 0) is 10.0 Å². The summed E-state index contributed by atoms with van der Waals surface area (Å²) >= 11 is 1.46. The predicted octanol–water partition coefficient (Wildman–Crippen LogP) is 2.51. The number of thioether (sulfide) groups is 1. The average Bonchev–Trinajstić information content (AvgIpc) is 2.38. The Labute approximate surface area is 129 Å². The van der Waals surface area contributed by atoms with Crippen LogP contribution in [0, 0.1) is 6.92 Å². The summed E-state index contributed by atoms with van der Waals surface area (Å²) in [7, 11) is -3.40. The maximum Gasteiger partial charge on any atom is 0.234 e. The largest absolute Gasteiger partial charge is 0.399 e. The second kappa shape index (κ2) is 6.82. The number of nitrogens with two attached hydrogens (primary N) is 1. The molecule has 0 unspecified atom stereocenters. The molecule has 0 amide bonds. The van der Waals surface area contributed by atoms with Gasteiger partial charge in [-0.05, 0) is 37.3 Å². The van der Waals surface area contributed by atoms with Crippen molar-refractivity contribution in [1.29, 1.82) is 0 Å². The van der Waals surface area contributed by atoms with Crippen LogP contribution in [-0.4, -0.2) is 24.9 Å². The van der Waals surface area contributed by atoms with E-state index in [-0.39, 0.29) is 5.75 Å². The number of rotatable bonds is 6. The Bertz CT molecular complexity index is 718. The normalized spacial score (nSPS) is 11.3. The molecule has 0 aliphatic rings. The first-order valence-corrected chi connectivity index (χ1v) is 9.01. The van der Waals surface area contributed by atoms with E-state index in [0.717, 1.165) is 10.6 Å². The third-order valence-corrected chi connectivity index (χ3v) is 5.14. The molecule has 5 nitrogen and oxygen atoms in total. The average molecular weight is 323 g/mol. The van der Waals surface area contributed by atoms with E-state index in [0.29, 0.717) is 17.3 Å². The van der Waals surface area contributed by atoms with Gasteiger partial charge in [0.1, 0.15) is 5.82 Å². The predicted molar refractivity (Wildman–Crippen MR) is 88.0 cm³/mol. The molecule has 1 aromatic carbocycles. The molecule has 112 valence electrons. The Hall–Kier alpha value is -1.73. The summed E-state index contributed by atoms with van der Waals surface area (Å²) in [5.74, 6) is 0.816. The number of nitrogens with zero attached hydrogens (tertiary/aromatic N) is 1. The highest BCUT2D eigenvalue weighted by Gasteiger charge is 2.11. The Morgan fingerprint density at radius 1 is 1.24 bits per heavy atom. The molecule has 0 aliphatic heterocycles. The fraction of sp³-hybridized carbons (Fsp3) is 0.214. The molecular weight excluding hydrogens is 306 g/mol. The van der Waals surface area contributed by atoms with Crippen LogP contribution in [0.2, 0.25) is 0 Å². The summed E-state index contributed by atoms with van der Waals surface area (Å²) < 4.78 is 26.4. The Kier molecular flexibility index (Phi) is 5.08. The molecule has 1 aromatic heterocycles. The van der Waals surface area contributed by atoms with Crippen molar-refractivity contribution < 1.29 is 8.42 Å². The molecule has 0 fully saturated rings. The smallest absolute Gasteiger partial charge is 0.234 e. The van der Waals surface area contributed by atoms with E-state index < -0.39 is 10.0 Å². The number of hydrogen-bond acceptors (Lipinski definition) is 5. The fourth-order valence-electron chi connectivity index (χ4n) is 1.68. The summed E-state index contributed by atoms with van der Waals surface area (Å²) in [6.45, 7) is 1.81. The molecule has 21 heavy (non-hydrogen) atoms. The number of anilines is 2. The molecule has 2 aromatic rings. The lowest BCUT2D eigenvalue weighted by atomic mass is 10.3. The monoisotopic (exact) mass is 323 g/mol. The first kappa shape index (κ1) is 15.7. The molecule has 0 atom stereocenters. The molecule has 0 spiro atoms. The number of benzene rings is 1. The zero-order valence-electron chi connectivity index (χ0n) is 11.6. The second-order valence-electron chi connectivity index (χ2n) is 4.51. The number of aromatic nitrogens is 1. The minimum absolute atomic E-state index is 0.0160. The highest BCUT2D eigenvalue weighted by molar-refractivity contribution is 8.01. The van der Waals surface area contributed by atoms with Crippen LogP contribution in [0.1, 0.15) is 5.69 Å². The third-order valence-electron chi connectivity index (χ3n) is 2.63. The number of nitrogens with one attached hydrogen (secondary N) is 1. The van der Waals surface area contributed by atoms with Gasteiger partial charge >= 0.3 is 0 Å². The van der Waals surface area contributed by atoms with E-state index in [1.54, 1.807) is 18.2 Å². The zero-order chi connectivity index (χ0) is 15.3. The SMILES string of the molecule is Cc1cccc(NS(=O)(=O)CCSc2cccc(N)c2)n1. The van der Waals surface area contributed by atoms with Crippen LogP contribution in [0.3, 0.4) is 0 Å². The highest BCUT2D eigenvalue weighted by Crippen LogP contribution is 2.20. The molecule has 1 heterocycles. The minimum atomic E-state index is -3.40. The van der Waals surface area contributed by atoms with Crippen LogP contribution < -0.4 is 10.5 Å². The van der Waals surface area contributed by atoms with Gasteiger partial charge in [0.2, 0.25) is 10.0 Å². The van der Waals surface area contributed by atoms with Crippen molar-refractivity contribution in [2.45, 2.75) is 11.8 Å². The Morgan fingerprint density at radius 3 is 2.71 bits per heavy atom. The van der Waals surface area contributed by atoms with Gasteiger partial charge in [-0.25, -0.2) is 13.4 Å². The summed E-state index contributed by atoms with van der Waals surface area (Å²) in [5, 5.41) is 0. The summed E-state index contributed by atoms with van der Waals surface area (Å²) in [6, 6.07) is 12.6. The van der Waals surface area contributed by atoms with Crippen molar-refractivity contribution in [1.82, 2.24) is 4.98 Å². The molecule has 0 saturated heterocycles. The van der Waals surface area contributed by atoms with Gasteiger partial charge in [-0.15, -0.1) is 11.8 Å². The summed E-state index contributed by atoms with van der Waals surface area (Å²) in [6.07, 6.45) is 0. The first-order valence-electron chi connectivity index (χ1n) is 6.37. The lowest BCUT2D eigenvalue weighted by molar-refractivity contribution is 0.602. The lowest BCUT2D eigenvalue weighted by Crippen LogP contribution is -2.18. The van der Waals surface area contributed by atoms with E-state index in [1.807, 2.05) is 31.2 Å². The van der Waals surface area contributed by atoms with Crippen LogP contribution in [0.25, 0.3) is 0 Å². The summed E-state index contributed by atoms with van der Waals surface area (Å²) in [5.41, 5.74) is 7.12. The number of nitrogen functional groups attached to an aromatic ring is 1. The summed E-state index contributed by atoms with van der Waals surface area (Å²) in [4.78, 5) is 5.08. The third kappa shape index (κ3) is 5.28. The lowest BCUT2D eigenvalue weighted by Gasteiger charge is -2.08. The van der Waals surface area contributed by atoms with Crippen LogP contribution in [0.4, 0.5) is 11.5 Å². The van der Waals surface area contributed by atoms with Gasteiger partial charge in [-0.1, -0.05) is 12.1 Å². The number of aryl methyl sites for hydroxylation is 1. The van der Waals surface area contributed by atoms with Crippen LogP contribution in [0.5, 0.6) is 0 Å². The molecule has 0 bridgehead atoms. The van der Waals surface area contributed by atoms with Crippen molar-refractivity contribution in [3.05, 3.63) is 48.2 Å². The molecule has 3 N–H and O–H groups in total. The zero-order valence-corrected chi connectivity index (χ0v) is 13.2. The van der Waals surface area contributed by atoms with Crippen molar-refractivity contribution in [3.8, 4) is 0 Å². The fourth-order valence-corrected chi connectivity index (χ4v) is 4.06. The Balaban J connectivity index is 1.90. The van der Waals surface area contributed by atoms with Crippen LogP contribution >= 0.6 is 11.8 Å². The van der Waals surface area contributed by atoms with Gasteiger partial charge < -0.3 is 5.73 Å². The van der Waals surface area contributed by atoms with E-state index in [4.69, 9.17) is 5.73 Å². The minimum Gasteiger partial charge on any atom is -0.399 e. The highest BCUT2D eigenvalue weighted by atomic mass is 32.2. The molecule has 0 radical (unpaired) electrons. The number of pyridine rings is 1.